The highest BCUT2D eigenvalue weighted by atomic mass is 79.9. The number of hydrogen-bond acceptors (Lipinski definition) is 3. The van der Waals surface area contributed by atoms with Crippen LogP contribution in [0.2, 0.25) is 10.0 Å². The van der Waals surface area contributed by atoms with Crippen LogP contribution in [0.4, 0.5) is 5.69 Å². The molecule has 0 radical (unpaired) electrons. The minimum absolute atomic E-state index is 0.243. The second-order valence-corrected chi connectivity index (χ2v) is 6.85. The Balaban J connectivity index is 1.88. The molecule has 0 saturated carbocycles. The Morgan fingerprint density at radius 2 is 2.00 bits per heavy atom. The number of nitrogens with one attached hydrogen (secondary N) is 1. The van der Waals surface area contributed by atoms with E-state index in [1.54, 1.807) is 24.3 Å². The van der Waals surface area contributed by atoms with Crippen molar-refractivity contribution in [3.63, 3.8) is 0 Å². The van der Waals surface area contributed by atoms with E-state index >= 15 is 0 Å². The third-order valence-electron chi connectivity index (χ3n) is 3.25. The highest BCUT2D eigenvalue weighted by Gasteiger charge is 2.13. The molecule has 0 aliphatic carbocycles. The van der Waals surface area contributed by atoms with Crippen molar-refractivity contribution in [1.29, 1.82) is 0 Å². The second kappa shape index (κ2) is 8.60. The van der Waals surface area contributed by atoms with Crippen molar-refractivity contribution in [3.05, 3.63) is 56.0 Å². The van der Waals surface area contributed by atoms with Crippen molar-refractivity contribution in [2.45, 2.75) is 13.3 Å². The number of carboxylic acids is 1. The topological polar surface area (TPSA) is 58.6 Å². The summed E-state index contributed by atoms with van der Waals surface area (Å²) in [4.78, 5) is 11.4. The zero-order valence-electron chi connectivity index (χ0n) is 12.9. The molecule has 2 aromatic carbocycles. The summed E-state index contributed by atoms with van der Waals surface area (Å²) in [5, 5.41) is 13.4. The summed E-state index contributed by atoms with van der Waals surface area (Å²) in [6, 6.07) is 8.61. The number of aromatic carboxylic acids is 1. The molecule has 2 rings (SSSR count). The third kappa shape index (κ3) is 5.03. The van der Waals surface area contributed by atoms with Gasteiger partial charge in [0, 0.05) is 17.1 Å². The predicted octanol–water partition coefficient (Wildman–Crippen LogP) is 5.64. The van der Waals surface area contributed by atoms with Crippen molar-refractivity contribution in [3.8, 4) is 5.75 Å². The standard InChI is InChI=1S/C17H16BrCl2NO3/c1-10-7-12(17(22)23)16(13(18)8-10)21-5-2-6-24-11-3-4-14(19)15(20)9-11/h3-4,7-9,21H,2,5-6H2,1H3,(H,22,23). The van der Waals surface area contributed by atoms with Gasteiger partial charge in [0.15, 0.2) is 0 Å². The Morgan fingerprint density at radius 1 is 1.25 bits per heavy atom. The SMILES string of the molecule is Cc1cc(Br)c(NCCCOc2ccc(Cl)c(Cl)c2)c(C(=O)O)c1. The number of ether oxygens (including phenoxy) is 1. The Labute approximate surface area is 158 Å². The third-order valence-corrected chi connectivity index (χ3v) is 4.61. The van der Waals surface area contributed by atoms with Gasteiger partial charge in [-0.1, -0.05) is 23.2 Å². The van der Waals surface area contributed by atoms with E-state index in [9.17, 15) is 9.90 Å². The van der Waals surface area contributed by atoms with E-state index in [1.807, 2.05) is 13.0 Å². The summed E-state index contributed by atoms with van der Waals surface area (Å²) in [5.74, 6) is -0.318. The normalized spacial score (nSPS) is 10.5. The number of halogens is 3. The Kier molecular flexibility index (Phi) is 6.78. The van der Waals surface area contributed by atoms with Crippen LogP contribution in [0.1, 0.15) is 22.3 Å². The molecule has 128 valence electrons. The fourth-order valence-electron chi connectivity index (χ4n) is 2.13. The van der Waals surface area contributed by atoms with Gasteiger partial charge in [-0.2, -0.15) is 0 Å². The van der Waals surface area contributed by atoms with Crippen LogP contribution in [0.3, 0.4) is 0 Å². The highest BCUT2D eigenvalue weighted by Crippen LogP contribution is 2.29. The Bertz CT molecular complexity index is 753. The Hall–Kier alpha value is -1.43. The van der Waals surface area contributed by atoms with Crippen LogP contribution in [0.5, 0.6) is 5.75 Å². The van der Waals surface area contributed by atoms with E-state index in [4.69, 9.17) is 27.9 Å². The molecular formula is C17H16BrCl2NO3. The van der Waals surface area contributed by atoms with E-state index in [2.05, 4.69) is 21.2 Å². The van der Waals surface area contributed by atoms with Gasteiger partial charge in [0.25, 0.3) is 0 Å². The molecule has 0 aliphatic rings. The number of aryl methyl sites for hydroxylation is 1. The first-order chi connectivity index (χ1) is 11.4. The molecule has 0 amide bonds. The molecule has 0 bridgehead atoms. The lowest BCUT2D eigenvalue weighted by Gasteiger charge is -2.13. The molecule has 2 aromatic rings. The maximum atomic E-state index is 11.4. The summed E-state index contributed by atoms with van der Waals surface area (Å²) in [5.41, 5.74) is 1.70. The molecule has 0 aromatic heterocycles. The van der Waals surface area contributed by atoms with E-state index in [1.165, 1.54) is 0 Å². The fraction of sp³-hybridized carbons (Fsp3) is 0.235. The number of anilines is 1. The fourth-order valence-corrected chi connectivity index (χ4v) is 3.14. The van der Waals surface area contributed by atoms with Crippen LogP contribution in [0.25, 0.3) is 0 Å². The lowest BCUT2D eigenvalue weighted by Crippen LogP contribution is -2.11. The quantitative estimate of drug-likeness (QED) is 0.555. The van der Waals surface area contributed by atoms with Gasteiger partial charge in [-0.25, -0.2) is 4.79 Å². The summed E-state index contributed by atoms with van der Waals surface area (Å²) in [7, 11) is 0. The smallest absolute Gasteiger partial charge is 0.337 e. The van der Waals surface area contributed by atoms with E-state index in [-0.39, 0.29) is 5.56 Å². The van der Waals surface area contributed by atoms with Crippen LogP contribution >= 0.6 is 39.1 Å². The van der Waals surface area contributed by atoms with E-state index in [0.717, 1.165) is 10.0 Å². The predicted molar refractivity (Wildman–Crippen MR) is 101 cm³/mol. The summed E-state index contributed by atoms with van der Waals surface area (Å²) in [6.07, 6.45) is 0.694. The second-order valence-electron chi connectivity index (χ2n) is 5.18. The minimum atomic E-state index is -0.964. The Morgan fingerprint density at radius 3 is 2.67 bits per heavy atom. The zero-order chi connectivity index (χ0) is 17.7. The van der Waals surface area contributed by atoms with Gasteiger partial charge < -0.3 is 15.2 Å². The number of hydrogen-bond donors (Lipinski definition) is 2. The van der Waals surface area contributed by atoms with Crippen molar-refractivity contribution in [2.24, 2.45) is 0 Å². The molecule has 0 fully saturated rings. The number of carbonyl (C=O) groups is 1. The molecular weight excluding hydrogens is 417 g/mol. The lowest BCUT2D eigenvalue weighted by molar-refractivity contribution is 0.0697. The maximum absolute atomic E-state index is 11.4. The van der Waals surface area contributed by atoms with Gasteiger partial charge in [0.2, 0.25) is 0 Å². The van der Waals surface area contributed by atoms with Crippen LogP contribution in [-0.2, 0) is 0 Å². The van der Waals surface area contributed by atoms with Gasteiger partial charge in [-0.05, 0) is 59.1 Å². The summed E-state index contributed by atoms with van der Waals surface area (Å²) >= 11 is 15.2. The first kappa shape index (κ1) is 18.9. The van der Waals surface area contributed by atoms with Gasteiger partial charge in [-0.3, -0.25) is 0 Å². The summed E-state index contributed by atoms with van der Waals surface area (Å²) < 4.78 is 6.32. The average molecular weight is 433 g/mol. The van der Waals surface area contributed by atoms with Crippen LogP contribution in [-0.4, -0.2) is 24.2 Å². The van der Waals surface area contributed by atoms with Gasteiger partial charge >= 0.3 is 5.97 Å². The monoisotopic (exact) mass is 431 g/mol. The van der Waals surface area contributed by atoms with Gasteiger partial charge in [0.1, 0.15) is 5.75 Å². The lowest BCUT2D eigenvalue weighted by atomic mass is 10.1. The molecule has 0 spiro atoms. The molecule has 0 unspecified atom stereocenters. The van der Waals surface area contributed by atoms with Gasteiger partial charge in [-0.15, -0.1) is 0 Å². The largest absolute Gasteiger partial charge is 0.493 e. The molecule has 0 heterocycles. The first-order valence-electron chi connectivity index (χ1n) is 7.23. The zero-order valence-corrected chi connectivity index (χ0v) is 16.0. The molecule has 0 saturated heterocycles. The number of benzene rings is 2. The van der Waals surface area contributed by atoms with Crippen molar-refractivity contribution >= 4 is 50.8 Å². The van der Waals surface area contributed by atoms with Crippen LogP contribution in [0, 0.1) is 6.92 Å². The summed E-state index contributed by atoms with van der Waals surface area (Å²) in [6.45, 7) is 2.90. The molecule has 0 atom stereocenters. The molecule has 4 nitrogen and oxygen atoms in total. The molecule has 7 heteroatoms. The van der Waals surface area contributed by atoms with Crippen LogP contribution in [0.15, 0.2) is 34.8 Å². The minimum Gasteiger partial charge on any atom is -0.493 e. The number of rotatable bonds is 7. The van der Waals surface area contributed by atoms with E-state index in [0.29, 0.717) is 41.1 Å². The molecule has 2 N–H and O–H groups in total. The van der Waals surface area contributed by atoms with E-state index < -0.39 is 5.97 Å². The van der Waals surface area contributed by atoms with Gasteiger partial charge in [0.05, 0.1) is 27.9 Å². The van der Waals surface area contributed by atoms with Crippen LogP contribution < -0.4 is 10.1 Å². The maximum Gasteiger partial charge on any atom is 0.337 e. The molecule has 0 aliphatic heterocycles. The average Bonchev–Trinajstić information content (AvgIpc) is 2.51. The highest BCUT2D eigenvalue weighted by molar-refractivity contribution is 9.10. The van der Waals surface area contributed by atoms with Crippen molar-refractivity contribution in [1.82, 2.24) is 0 Å². The van der Waals surface area contributed by atoms with Crippen molar-refractivity contribution in [2.75, 3.05) is 18.5 Å². The van der Waals surface area contributed by atoms with Crippen molar-refractivity contribution < 1.29 is 14.6 Å². The first-order valence-corrected chi connectivity index (χ1v) is 8.78. The molecule has 24 heavy (non-hydrogen) atoms. The number of carboxylic acid groups (broad SMARTS) is 1.